The van der Waals surface area contributed by atoms with Crippen LogP contribution in [-0.4, -0.2) is 66.3 Å². The van der Waals surface area contributed by atoms with E-state index in [-0.39, 0.29) is 12.2 Å². The van der Waals surface area contributed by atoms with E-state index in [9.17, 15) is 18.8 Å². The second-order valence-corrected chi connectivity index (χ2v) is 9.27. The van der Waals surface area contributed by atoms with Crippen molar-refractivity contribution in [1.82, 2.24) is 10.0 Å². The van der Waals surface area contributed by atoms with Crippen molar-refractivity contribution in [3.63, 3.8) is 0 Å². The van der Waals surface area contributed by atoms with Crippen LogP contribution in [0.5, 0.6) is 11.5 Å². The van der Waals surface area contributed by atoms with Crippen LogP contribution in [0.1, 0.15) is 23.8 Å². The van der Waals surface area contributed by atoms with E-state index in [1.807, 2.05) is 6.07 Å². The van der Waals surface area contributed by atoms with Crippen LogP contribution in [0.3, 0.4) is 0 Å². The summed E-state index contributed by atoms with van der Waals surface area (Å²) in [5, 5.41) is 15.0. The summed E-state index contributed by atoms with van der Waals surface area (Å²) in [5.41, 5.74) is 1.43. The number of halogens is 1. The Bertz CT molecular complexity index is 1560. The third-order valence-electron chi connectivity index (χ3n) is 6.98. The number of hydrogen-bond donors (Lipinski definition) is 0. The molecule has 1 aromatic heterocycles. The Balaban J connectivity index is 1.26. The maximum atomic E-state index is 13.8. The Kier molecular flexibility index (Phi) is 6.25. The number of ether oxygens (including phenoxy) is 2. The minimum absolute atomic E-state index is 0.0902. The van der Waals surface area contributed by atoms with Crippen molar-refractivity contribution in [2.45, 2.75) is 24.5 Å². The lowest BCUT2D eigenvalue weighted by molar-refractivity contribution is -0.135. The van der Waals surface area contributed by atoms with Crippen molar-refractivity contribution in [3.8, 4) is 11.5 Å². The number of hydrazone groups is 1. The highest BCUT2D eigenvalue weighted by atomic mass is 19.1. The summed E-state index contributed by atoms with van der Waals surface area (Å²) in [5.74, 6) is -0.765. The molecular weight excluding hydrogens is 523 g/mol. The van der Waals surface area contributed by atoms with Crippen LogP contribution < -0.4 is 14.4 Å². The van der Waals surface area contributed by atoms with Gasteiger partial charge in [0.15, 0.2) is 23.6 Å². The molecule has 4 heterocycles. The minimum Gasteiger partial charge on any atom is -0.493 e. The highest BCUT2D eigenvalue weighted by Crippen LogP contribution is 2.37. The normalized spacial score (nSPS) is 21.7. The first-order valence-electron chi connectivity index (χ1n) is 12.4. The maximum Gasteiger partial charge on any atom is 0.264 e. The Hall–Kier alpha value is -5.07. The number of imide groups is 1. The van der Waals surface area contributed by atoms with Crippen molar-refractivity contribution in [2.24, 2.45) is 15.4 Å². The molecule has 0 spiro atoms. The van der Waals surface area contributed by atoms with Gasteiger partial charge in [-0.15, -0.1) is 0 Å². The molecule has 1 saturated heterocycles. The monoisotopic (exact) mass is 546 g/mol. The predicted octanol–water partition coefficient (Wildman–Crippen LogP) is 3.11. The Labute approximate surface area is 227 Å². The smallest absolute Gasteiger partial charge is 0.264 e. The number of carbonyl (C=O) groups is 3. The Morgan fingerprint density at radius 2 is 1.88 bits per heavy atom. The van der Waals surface area contributed by atoms with Crippen LogP contribution in [-0.2, 0) is 14.4 Å². The van der Waals surface area contributed by atoms with Crippen LogP contribution in [0.2, 0.25) is 0 Å². The van der Waals surface area contributed by atoms with Crippen molar-refractivity contribution in [3.05, 3.63) is 78.0 Å². The second-order valence-electron chi connectivity index (χ2n) is 9.27. The van der Waals surface area contributed by atoms with Gasteiger partial charge in [0.2, 0.25) is 0 Å². The van der Waals surface area contributed by atoms with Crippen LogP contribution in [0.25, 0.3) is 0 Å². The third kappa shape index (κ3) is 4.15. The lowest BCUT2D eigenvalue weighted by Gasteiger charge is -2.24. The molecule has 12 nitrogen and oxygen atoms in total. The average molecular weight is 547 g/mol. The van der Waals surface area contributed by atoms with Gasteiger partial charge in [0, 0.05) is 12.0 Å². The quantitative estimate of drug-likeness (QED) is 0.417. The Morgan fingerprint density at radius 3 is 2.60 bits per heavy atom. The summed E-state index contributed by atoms with van der Waals surface area (Å²) in [4.78, 5) is 40.7. The molecule has 3 amide bonds. The number of benzene rings is 2. The van der Waals surface area contributed by atoms with Crippen LogP contribution in [0.4, 0.5) is 10.1 Å². The van der Waals surface area contributed by atoms with E-state index in [2.05, 4.69) is 15.4 Å². The van der Waals surface area contributed by atoms with Crippen molar-refractivity contribution in [2.75, 3.05) is 25.7 Å². The Morgan fingerprint density at radius 1 is 1.05 bits per heavy atom. The van der Waals surface area contributed by atoms with E-state index in [0.29, 0.717) is 29.4 Å². The highest BCUT2D eigenvalue weighted by molar-refractivity contribution is 6.25. The molecule has 1 fully saturated rings. The summed E-state index contributed by atoms with van der Waals surface area (Å²) < 4.78 is 30.1. The molecule has 2 aromatic carbocycles. The van der Waals surface area contributed by atoms with Gasteiger partial charge in [-0.25, -0.2) is 14.3 Å². The second kappa shape index (κ2) is 9.91. The largest absolute Gasteiger partial charge is 0.493 e. The van der Waals surface area contributed by atoms with E-state index in [1.54, 1.807) is 24.3 Å². The first-order valence-corrected chi connectivity index (χ1v) is 12.4. The van der Waals surface area contributed by atoms with E-state index < -0.39 is 41.7 Å². The first-order chi connectivity index (χ1) is 19.4. The molecule has 3 aromatic rings. The molecule has 13 heteroatoms. The van der Waals surface area contributed by atoms with Gasteiger partial charge in [0.1, 0.15) is 24.2 Å². The molecule has 0 radical (unpaired) electrons. The standard InChI is InChI=1S/C27H23FN6O6/c1-38-21-9-8-15(11-22(21)39-2)18-13-19(20-7-4-10-40-20)34(30-18)23(35)14-32-25-24(29-31-32)26(36)33(27(25)37)17-6-3-5-16(28)12-17/h3-12,19,24-25H,13-14H2,1-2H3. The number of carbonyl (C=O) groups excluding carboxylic acids is 3. The van der Waals surface area contributed by atoms with Gasteiger partial charge in [-0.3, -0.25) is 19.4 Å². The van der Waals surface area contributed by atoms with Crippen molar-refractivity contribution < 1.29 is 32.7 Å². The highest BCUT2D eigenvalue weighted by Gasteiger charge is 2.55. The summed E-state index contributed by atoms with van der Waals surface area (Å²) >= 11 is 0. The van der Waals surface area contributed by atoms with Gasteiger partial charge in [-0.05, 0) is 48.5 Å². The van der Waals surface area contributed by atoms with Crippen molar-refractivity contribution >= 4 is 29.1 Å². The maximum absolute atomic E-state index is 13.8. The fourth-order valence-corrected chi connectivity index (χ4v) is 5.07. The van der Waals surface area contributed by atoms with E-state index in [1.165, 1.54) is 48.7 Å². The molecular formula is C27H23FN6O6. The first kappa shape index (κ1) is 25.2. The van der Waals surface area contributed by atoms with Crippen molar-refractivity contribution in [1.29, 1.82) is 0 Å². The van der Waals surface area contributed by atoms with E-state index >= 15 is 0 Å². The topological polar surface area (TPSA) is 130 Å². The molecule has 0 saturated carbocycles. The number of nitrogens with zero attached hydrogens (tertiary/aromatic N) is 6. The zero-order valence-electron chi connectivity index (χ0n) is 21.4. The molecule has 3 aliphatic heterocycles. The molecule has 0 bridgehead atoms. The van der Waals surface area contributed by atoms with Gasteiger partial charge in [0.25, 0.3) is 17.7 Å². The summed E-state index contributed by atoms with van der Waals surface area (Å²) in [6.45, 7) is -0.374. The van der Waals surface area contributed by atoms with Gasteiger partial charge in [0.05, 0.1) is 31.9 Å². The van der Waals surface area contributed by atoms with E-state index in [4.69, 9.17) is 13.9 Å². The molecule has 204 valence electrons. The van der Waals surface area contributed by atoms with Gasteiger partial charge < -0.3 is 13.9 Å². The molecule has 0 aliphatic carbocycles. The predicted molar refractivity (Wildman–Crippen MR) is 137 cm³/mol. The molecule has 3 aliphatic rings. The zero-order chi connectivity index (χ0) is 28.0. The van der Waals surface area contributed by atoms with Crippen LogP contribution in [0, 0.1) is 5.82 Å². The molecule has 6 rings (SSSR count). The van der Waals surface area contributed by atoms with Crippen LogP contribution >= 0.6 is 0 Å². The number of methoxy groups -OCH3 is 2. The number of fused-ring (bicyclic) bond motifs is 1. The molecule has 3 unspecified atom stereocenters. The lowest BCUT2D eigenvalue weighted by atomic mass is 10.0. The average Bonchev–Trinajstić information content (AvgIpc) is 3.75. The zero-order valence-corrected chi connectivity index (χ0v) is 21.4. The number of rotatable bonds is 7. The number of anilines is 1. The van der Waals surface area contributed by atoms with E-state index in [0.717, 1.165) is 16.5 Å². The minimum atomic E-state index is -1.13. The fraction of sp³-hybridized carbons (Fsp3) is 0.259. The molecule has 3 atom stereocenters. The SMILES string of the molecule is COc1ccc(C2=NN(C(=O)CN3N=NC4C(=O)N(c5cccc(F)c5)C(=O)C43)C(c3ccco3)C2)cc1OC. The summed E-state index contributed by atoms with van der Waals surface area (Å²) in [6, 6.07) is 11.2. The number of furan rings is 1. The fourth-order valence-electron chi connectivity index (χ4n) is 5.07. The third-order valence-corrected chi connectivity index (χ3v) is 6.98. The molecule has 0 N–H and O–H groups in total. The number of hydrogen-bond acceptors (Lipinski definition) is 10. The van der Waals surface area contributed by atoms with Gasteiger partial charge >= 0.3 is 0 Å². The summed E-state index contributed by atoms with van der Waals surface area (Å²) in [6.07, 6.45) is 1.86. The van der Waals surface area contributed by atoms with Gasteiger partial charge in [-0.2, -0.15) is 10.2 Å². The van der Waals surface area contributed by atoms with Crippen LogP contribution in [0.15, 0.2) is 80.7 Å². The number of amides is 3. The van der Waals surface area contributed by atoms with Gasteiger partial charge in [-0.1, -0.05) is 11.3 Å². The molecule has 40 heavy (non-hydrogen) atoms. The lowest BCUT2D eigenvalue weighted by Crippen LogP contribution is -2.44. The summed E-state index contributed by atoms with van der Waals surface area (Å²) in [7, 11) is 3.07.